The van der Waals surface area contributed by atoms with E-state index in [2.05, 4.69) is 19.1 Å². The average Bonchev–Trinajstić information content (AvgIpc) is 1.96. The first-order valence-corrected chi connectivity index (χ1v) is 7.99. The first-order valence-electron chi connectivity index (χ1n) is 4.03. The molecule has 4 heteroatoms. The van der Waals surface area contributed by atoms with Crippen LogP contribution in [0.3, 0.4) is 0 Å². The number of benzene rings is 1. The Morgan fingerprint density at radius 2 is 1.54 bits per heavy atom. The predicted molar refractivity (Wildman–Crippen MR) is 58.7 cm³/mol. The highest BCUT2D eigenvalue weighted by atomic mass is 35.7. The third kappa shape index (κ3) is 3.07. The maximum Gasteiger partial charge on any atom is 0.815 e. The van der Waals surface area contributed by atoms with Crippen molar-refractivity contribution in [1.29, 1.82) is 0 Å². The lowest BCUT2D eigenvalue weighted by Crippen LogP contribution is -2.08. The highest BCUT2D eigenvalue weighted by molar-refractivity contribution is 7.31. The van der Waals surface area contributed by atoms with Crippen molar-refractivity contribution in [2.45, 2.75) is 20.8 Å². The van der Waals surface area contributed by atoms with Gasteiger partial charge in [-0.3, -0.25) is 0 Å². The van der Waals surface area contributed by atoms with E-state index in [1.165, 1.54) is 5.56 Å². The number of halogens is 2. The summed E-state index contributed by atoms with van der Waals surface area (Å²) in [6.45, 7) is 6.06. The standard InChI is InChI=1S/C9H12O.Al.2ClH/c1-6-4-7(2)9(10)8(3)5-6;;;/h4-5,10H,1-3H3;;2*1H/q;+3;;/p-3. The summed E-state index contributed by atoms with van der Waals surface area (Å²) in [6.07, 6.45) is 0. The monoisotopic (exact) mass is 232 g/mol. The molecule has 0 aromatic heterocycles. The van der Waals surface area contributed by atoms with E-state index in [-0.39, 0.29) is 0 Å². The van der Waals surface area contributed by atoms with Gasteiger partial charge in [0.1, 0.15) is 0 Å². The molecule has 0 atom stereocenters. The van der Waals surface area contributed by atoms with Crippen LogP contribution in [-0.2, 0) is 0 Å². The molecule has 0 spiro atoms. The Balaban J connectivity index is 3.06. The fraction of sp³-hybridized carbons (Fsp3) is 0.333. The van der Waals surface area contributed by atoms with Gasteiger partial charge in [0.2, 0.25) is 0 Å². The number of hydrogen-bond donors (Lipinski definition) is 0. The van der Waals surface area contributed by atoms with Crippen LogP contribution in [0.2, 0.25) is 0 Å². The SMILES string of the molecule is Cc1cc(C)c([O][Al]([Cl])[Cl])c(C)c1. The molecule has 1 rings (SSSR count). The van der Waals surface area contributed by atoms with Gasteiger partial charge in [-0.1, -0.05) is 17.7 Å². The second-order valence-electron chi connectivity index (χ2n) is 3.11. The summed E-state index contributed by atoms with van der Waals surface area (Å²) >= 11 is -2.02. The second-order valence-corrected chi connectivity index (χ2v) is 6.91. The van der Waals surface area contributed by atoms with E-state index in [4.69, 9.17) is 23.9 Å². The van der Waals surface area contributed by atoms with Crippen LogP contribution >= 0.6 is 20.1 Å². The minimum atomic E-state index is -2.02. The lowest BCUT2D eigenvalue weighted by molar-refractivity contribution is 0.592. The zero-order valence-corrected chi connectivity index (χ0v) is 10.6. The smallest absolute Gasteiger partial charge is 0.620 e. The molecule has 0 radical (unpaired) electrons. The first kappa shape index (κ1) is 11.2. The van der Waals surface area contributed by atoms with E-state index in [0.29, 0.717) is 0 Å². The van der Waals surface area contributed by atoms with Crippen molar-refractivity contribution in [3.05, 3.63) is 28.8 Å². The number of aryl methyl sites for hydroxylation is 3. The molecule has 1 aromatic rings. The normalized spacial score (nSPS) is 9.92. The van der Waals surface area contributed by atoms with E-state index in [1.807, 2.05) is 13.8 Å². The lowest BCUT2D eigenvalue weighted by atomic mass is 10.1. The largest absolute Gasteiger partial charge is 0.815 e. The lowest BCUT2D eigenvalue weighted by Gasteiger charge is -2.13. The van der Waals surface area contributed by atoms with Crippen LogP contribution in [0.1, 0.15) is 16.7 Å². The molecule has 0 aliphatic carbocycles. The van der Waals surface area contributed by atoms with Crippen LogP contribution in [-0.4, -0.2) is 12.6 Å². The minimum Gasteiger partial charge on any atom is -0.620 e. The van der Waals surface area contributed by atoms with E-state index in [0.717, 1.165) is 16.9 Å². The fourth-order valence-corrected chi connectivity index (χ4v) is 2.53. The van der Waals surface area contributed by atoms with Gasteiger partial charge in [0, 0.05) is 0 Å². The Morgan fingerprint density at radius 3 is 1.92 bits per heavy atom. The molecule has 1 nitrogen and oxygen atoms in total. The van der Waals surface area contributed by atoms with Crippen LogP contribution < -0.4 is 3.79 Å². The fourth-order valence-electron chi connectivity index (χ4n) is 1.44. The molecule has 0 amide bonds. The molecule has 0 fully saturated rings. The molecule has 0 unspecified atom stereocenters. The van der Waals surface area contributed by atoms with Crippen LogP contribution in [0.5, 0.6) is 5.75 Å². The topological polar surface area (TPSA) is 9.23 Å². The molecular weight excluding hydrogens is 222 g/mol. The third-order valence-corrected chi connectivity index (χ3v) is 2.76. The Hall–Kier alpha value is 0.132. The average molecular weight is 233 g/mol. The van der Waals surface area contributed by atoms with Gasteiger partial charge in [-0.2, -0.15) is 20.1 Å². The molecule has 70 valence electrons. The molecule has 0 saturated heterocycles. The van der Waals surface area contributed by atoms with Gasteiger partial charge in [-0.25, -0.2) is 0 Å². The van der Waals surface area contributed by atoms with Gasteiger partial charge in [0.15, 0.2) is 0 Å². The maximum atomic E-state index is 5.68. The maximum absolute atomic E-state index is 5.68. The van der Waals surface area contributed by atoms with Crippen LogP contribution in [0.25, 0.3) is 0 Å². The zero-order chi connectivity index (χ0) is 10.0. The van der Waals surface area contributed by atoms with Crippen LogP contribution in [0.4, 0.5) is 0 Å². The molecule has 0 N–H and O–H groups in total. The summed E-state index contributed by atoms with van der Waals surface area (Å²) in [5.41, 5.74) is 3.41. The number of hydrogen-bond acceptors (Lipinski definition) is 1. The molecular formula is C9H11AlCl2O. The van der Waals surface area contributed by atoms with E-state index in [9.17, 15) is 0 Å². The minimum absolute atomic E-state index is 0.840. The summed E-state index contributed by atoms with van der Waals surface area (Å²) in [5, 5.41) is 0. The van der Waals surface area contributed by atoms with Crippen LogP contribution in [0.15, 0.2) is 12.1 Å². The molecule has 0 aliphatic heterocycles. The Morgan fingerprint density at radius 1 is 1.08 bits per heavy atom. The van der Waals surface area contributed by atoms with Crippen molar-refractivity contribution in [2.24, 2.45) is 0 Å². The summed E-state index contributed by atoms with van der Waals surface area (Å²) in [5.74, 6) is 0.840. The molecule has 0 aliphatic rings. The van der Waals surface area contributed by atoms with E-state index in [1.54, 1.807) is 0 Å². The summed E-state index contributed by atoms with van der Waals surface area (Å²) in [6, 6.07) is 4.12. The molecule has 0 saturated carbocycles. The first-order chi connectivity index (χ1) is 6.00. The van der Waals surface area contributed by atoms with Gasteiger partial charge in [-0.05, 0) is 31.9 Å². The van der Waals surface area contributed by atoms with Crippen molar-refractivity contribution in [2.75, 3.05) is 0 Å². The second kappa shape index (κ2) is 4.57. The van der Waals surface area contributed by atoms with Gasteiger partial charge < -0.3 is 3.79 Å². The van der Waals surface area contributed by atoms with Gasteiger partial charge in [0.25, 0.3) is 0 Å². The summed E-state index contributed by atoms with van der Waals surface area (Å²) in [4.78, 5) is 0. The van der Waals surface area contributed by atoms with Gasteiger partial charge >= 0.3 is 12.6 Å². The quantitative estimate of drug-likeness (QED) is 0.711. The van der Waals surface area contributed by atoms with Gasteiger partial charge in [0.05, 0.1) is 5.75 Å². The van der Waals surface area contributed by atoms with E-state index >= 15 is 0 Å². The Kier molecular flexibility index (Phi) is 3.94. The van der Waals surface area contributed by atoms with E-state index < -0.39 is 12.6 Å². The number of rotatable bonds is 2. The van der Waals surface area contributed by atoms with Gasteiger partial charge in [-0.15, -0.1) is 0 Å². The van der Waals surface area contributed by atoms with Crippen molar-refractivity contribution >= 4 is 32.7 Å². The summed E-state index contributed by atoms with van der Waals surface area (Å²) < 4.78 is 5.40. The predicted octanol–water partition coefficient (Wildman–Crippen LogP) is 3.45. The molecule has 1 aromatic carbocycles. The highest BCUT2D eigenvalue weighted by Crippen LogP contribution is 2.25. The van der Waals surface area contributed by atoms with Crippen molar-refractivity contribution in [3.63, 3.8) is 0 Å². The molecule has 0 bridgehead atoms. The van der Waals surface area contributed by atoms with Crippen LogP contribution in [0, 0.1) is 20.8 Å². The Bertz CT molecular complexity index is 289. The Labute approximate surface area is 91.7 Å². The van der Waals surface area contributed by atoms with Crippen molar-refractivity contribution in [3.8, 4) is 5.75 Å². The van der Waals surface area contributed by atoms with Crippen molar-refractivity contribution in [1.82, 2.24) is 0 Å². The third-order valence-electron chi connectivity index (χ3n) is 1.81. The highest BCUT2D eigenvalue weighted by Gasteiger charge is 2.19. The molecule has 0 heterocycles. The molecule has 13 heavy (non-hydrogen) atoms. The van der Waals surface area contributed by atoms with Crippen molar-refractivity contribution < 1.29 is 3.79 Å². The zero-order valence-electron chi connectivity index (χ0n) is 7.90. The summed E-state index contributed by atoms with van der Waals surface area (Å²) in [7, 11) is 11.4.